The number of carbonyl (C=O) groups is 1. The molecule has 0 aliphatic carbocycles. The van der Waals surface area contributed by atoms with Crippen molar-refractivity contribution >= 4 is 16.0 Å². The molecule has 0 fully saturated rings. The van der Waals surface area contributed by atoms with Gasteiger partial charge in [-0.1, -0.05) is 0 Å². The van der Waals surface area contributed by atoms with Crippen LogP contribution in [-0.2, 0) is 21.4 Å². The number of sulfonamides is 1. The first-order valence-electron chi connectivity index (χ1n) is 3.66. The van der Waals surface area contributed by atoms with E-state index in [1.165, 1.54) is 12.4 Å². The van der Waals surface area contributed by atoms with Gasteiger partial charge in [-0.25, -0.2) is 13.1 Å². The summed E-state index contributed by atoms with van der Waals surface area (Å²) in [7, 11) is -3.75. The number of aromatic amines is 1. The lowest BCUT2D eigenvalue weighted by atomic mass is 10.4. The molecule has 0 radical (unpaired) electrons. The Kier molecular flexibility index (Phi) is 3.20. The molecule has 14 heavy (non-hydrogen) atoms. The van der Waals surface area contributed by atoms with Gasteiger partial charge in [-0.05, 0) is 0 Å². The van der Waals surface area contributed by atoms with Gasteiger partial charge >= 0.3 is 5.97 Å². The first kappa shape index (κ1) is 10.7. The van der Waals surface area contributed by atoms with Crippen LogP contribution in [0.25, 0.3) is 0 Å². The molecule has 0 spiro atoms. The minimum Gasteiger partial charge on any atom is -0.480 e. The summed E-state index contributed by atoms with van der Waals surface area (Å²) in [6.07, 6.45) is 2.96. The van der Waals surface area contributed by atoms with Gasteiger partial charge in [0.2, 0.25) is 10.0 Å². The summed E-state index contributed by atoms with van der Waals surface area (Å²) in [5, 5.41) is 14.4. The summed E-state index contributed by atoms with van der Waals surface area (Å²) >= 11 is 0. The average molecular weight is 219 g/mol. The van der Waals surface area contributed by atoms with Gasteiger partial charge in [0.15, 0.2) is 5.75 Å². The summed E-state index contributed by atoms with van der Waals surface area (Å²) in [5.74, 6) is -2.31. The van der Waals surface area contributed by atoms with Crippen molar-refractivity contribution in [3.8, 4) is 0 Å². The third-order valence-electron chi connectivity index (χ3n) is 1.36. The third-order valence-corrected chi connectivity index (χ3v) is 2.58. The van der Waals surface area contributed by atoms with Crippen molar-refractivity contribution in [2.24, 2.45) is 0 Å². The SMILES string of the molecule is O=C(O)CS(=O)(=O)NCc1cn[nH]c1. The number of H-pyrrole nitrogens is 1. The first-order valence-corrected chi connectivity index (χ1v) is 5.31. The van der Waals surface area contributed by atoms with Gasteiger partial charge in [0.25, 0.3) is 0 Å². The fraction of sp³-hybridized carbons (Fsp3) is 0.333. The number of carboxylic acid groups (broad SMARTS) is 1. The first-order chi connectivity index (χ1) is 6.49. The highest BCUT2D eigenvalue weighted by Crippen LogP contribution is 1.94. The Morgan fingerprint density at radius 2 is 2.36 bits per heavy atom. The molecular weight excluding hydrogens is 210 g/mol. The molecule has 3 N–H and O–H groups in total. The number of rotatable bonds is 5. The lowest BCUT2D eigenvalue weighted by Crippen LogP contribution is -2.29. The fourth-order valence-electron chi connectivity index (χ4n) is 0.781. The zero-order valence-corrected chi connectivity index (χ0v) is 7.91. The predicted octanol–water partition coefficient (Wildman–Crippen LogP) is -1.09. The highest BCUT2D eigenvalue weighted by Gasteiger charge is 2.14. The van der Waals surface area contributed by atoms with E-state index in [-0.39, 0.29) is 6.54 Å². The van der Waals surface area contributed by atoms with Crippen LogP contribution in [0.3, 0.4) is 0 Å². The number of aromatic nitrogens is 2. The Balaban J connectivity index is 2.49. The number of carboxylic acids is 1. The molecule has 0 aliphatic heterocycles. The lowest BCUT2D eigenvalue weighted by molar-refractivity contribution is -0.134. The van der Waals surface area contributed by atoms with Crippen LogP contribution in [0.15, 0.2) is 12.4 Å². The summed E-state index contributed by atoms with van der Waals surface area (Å²) in [6.45, 7) is 0.0338. The zero-order chi connectivity index (χ0) is 10.6. The Labute approximate surface area is 80.2 Å². The molecule has 1 heterocycles. The molecule has 0 aromatic carbocycles. The Morgan fingerprint density at radius 1 is 1.64 bits per heavy atom. The van der Waals surface area contributed by atoms with Crippen LogP contribution in [0.2, 0.25) is 0 Å². The van der Waals surface area contributed by atoms with Crippen LogP contribution in [-0.4, -0.2) is 35.4 Å². The number of aliphatic carboxylic acids is 1. The summed E-state index contributed by atoms with van der Waals surface area (Å²) in [6, 6.07) is 0. The molecule has 8 heteroatoms. The zero-order valence-electron chi connectivity index (χ0n) is 7.10. The molecule has 0 amide bonds. The van der Waals surface area contributed by atoms with E-state index in [9.17, 15) is 13.2 Å². The minimum atomic E-state index is -3.75. The van der Waals surface area contributed by atoms with E-state index in [4.69, 9.17) is 5.11 Å². The number of nitrogens with one attached hydrogen (secondary N) is 2. The fourth-order valence-corrected chi connectivity index (χ4v) is 1.59. The monoisotopic (exact) mass is 219 g/mol. The van der Waals surface area contributed by atoms with Crippen molar-refractivity contribution < 1.29 is 18.3 Å². The third kappa shape index (κ3) is 3.54. The smallest absolute Gasteiger partial charge is 0.320 e. The van der Waals surface area contributed by atoms with Crippen molar-refractivity contribution in [3.63, 3.8) is 0 Å². The molecule has 1 rings (SSSR count). The van der Waals surface area contributed by atoms with Gasteiger partial charge in [0.05, 0.1) is 6.20 Å². The summed E-state index contributed by atoms with van der Waals surface area (Å²) in [5.41, 5.74) is 0.638. The van der Waals surface area contributed by atoms with Gasteiger partial charge in [-0.3, -0.25) is 9.89 Å². The van der Waals surface area contributed by atoms with E-state index in [0.29, 0.717) is 5.56 Å². The molecule has 7 nitrogen and oxygen atoms in total. The molecule has 0 bridgehead atoms. The van der Waals surface area contributed by atoms with Crippen LogP contribution in [0.5, 0.6) is 0 Å². The number of nitrogens with zero attached hydrogens (tertiary/aromatic N) is 1. The molecule has 0 aliphatic rings. The molecule has 0 saturated carbocycles. The molecule has 0 unspecified atom stereocenters. The lowest BCUT2D eigenvalue weighted by Gasteiger charge is -2.01. The van der Waals surface area contributed by atoms with Crippen molar-refractivity contribution in [1.29, 1.82) is 0 Å². The van der Waals surface area contributed by atoms with E-state index < -0.39 is 21.7 Å². The van der Waals surface area contributed by atoms with Gasteiger partial charge in [-0.2, -0.15) is 5.10 Å². The van der Waals surface area contributed by atoms with Gasteiger partial charge in [-0.15, -0.1) is 0 Å². The maximum absolute atomic E-state index is 11.0. The van der Waals surface area contributed by atoms with E-state index >= 15 is 0 Å². The molecular formula is C6H9N3O4S. The predicted molar refractivity (Wildman–Crippen MR) is 46.9 cm³/mol. The second kappa shape index (κ2) is 4.20. The van der Waals surface area contributed by atoms with Crippen molar-refractivity contribution in [2.45, 2.75) is 6.54 Å². The van der Waals surface area contributed by atoms with Crippen molar-refractivity contribution in [2.75, 3.05) is 5.75 Å². The topological polar surface area (TPSA) is 112 Å². The minimum absolute atomic E-state index is 0.0338. The Bertz CT molecular complexity index is 397. The van der Waals surface area contributed by atoms with Gasteiger partial charge in [0, 0.05) is 18.3 Å². The van der Waals surface area contributed by atoms with Crippen LogP contribution in [0.4, 0.5) is 0 Å². The van der Waals surface area contributed by atoms with E-state index in [1.807, 2.05) is 0 Å². The normalized spacial score (nSPS) is 11.4. The maximum atomic E-state index is 11.0. The van der Waals surface area contributed by atoms with Crippen LogP contribution < -0.4 is 4.72 Å². The number of hydrogen-bond acceptors (Lipinski definition) is 4. The van der Waals surface area contributed by atoms with Gasteiger partial charge < -0.3 is 5.11 Å². The number of hydrogen-bond donors (Lipinski definition) is 3. The van der Waals surface area contributed by atoms with Crippen LogP contribution in [0, 0.1) is 0 Å². The summed E-state index contributed by atoms with van der Waals surface area (Å²) in [4.78, 5) is 10.1. The van der Waals surface area contributed by atoms with Crippen LogP contribution in [0.1, 0.15) is 5.56 Å². The molecule has 78 valence electrons. The Morgan fingerprint density at radius 3 is 2.86 bits per heavy atom. The van der Waals surface area contributed by atoms with Gasteiger partial charge in [0.1, 0.15) is 0 Å². The largest absolute Gasteiger partial charge is 0.480 e. The van der Waals surface area contributed by atoms with E-state index in [0.717, 1.165) is 0 Å². The highest BCUT2D eigenvalue weighted by atomic mass is 32.2. The second-order valence-corrected chi connectivity index (χ2v) is 4.39. The molecule has 0 atom stereocenters. The standard InChI is InChI=1S/C6H9N3O4S/c10-6(11)4-14(12,13)9-3-5-1-7-8-2-5/h1-2,9H,3-4H2,(H,7,8)(H,10,11). The second-order valence-electron chi connectivity index (χ2n) is 2.58. The van der Waals surface area contributed by atoms with Crippen molar-refractivity contribution in [1.82, 2.24) is 14.9 Å². The van der Waals surface area contributed by atoms with E-state index in [2.05, 4.69) is 14.9 Å². The van der Waals surface area contributed by atoms with E-state index in [1.54, 1.807) is 0 Å². The quantitative estimate of drug-likeness (QED) is 0.582. The molecule has 1 aromatic rings. The average Bonchev–Trinajstić information content (AvgIpc) is 2.50. The summed E-state index contributed by atoms with van der Waals surface area (Å²) < 4.78 is 24.2. The molecule has 0 saturated heterocycles. The molecule has 1 aromatic heterocycles. The maximum Gasteiger partial charge on any atom is 0.320 e. The Hall–Kier alpha value is -1.41. The van der Waals surface area contributed by atoms with Crippen LogP contribution >= 0.6 is 0 Å². The highest BCUT2D eigenvalue weighted by molar-refractivity contribution is 7.90. The van der Waals surface area contributed by atoms with Crippen molar-refractivity contribution in [3.05, 3.63) is 18.0 Å².